The number of H-pyrrole nitrogens is 1. The number of ether oxygens (including phenoxy) is 2. The van der Waals surface area contributed by atoms with Gasteiger partial charge in [-0.2, -0.15) is 0 Å². The highest BCUT2D eigenvalue weighted by Gasteiger charge is 2.31. The summed E-state index contributed by atoms with van der Waals surface area (Å²) in [5, 5.41) is 21.5. The minimum Gasteiger partial charge on any atom is -0.496 e. The van der Waals surface area contributed by atoms with Crippen molar-refractivity contribution in [3.8, 4) is 5.75 Å². The van der Waals surface area contributed by atoms with E-state index in [1.165, 1.54) is 7.11 Å². The molecular formula is C27H33NO6. The van der Waals surface area contributed by atoms with E-state index in [0.717, 1.165) is 34.9 Å². The molecular weight excluding hydrogens is 434 g/mol. The second-order valence-corrected chi connectivity index (χ2v) is 8.89. The van der Waals surface area contributed by atoms with Gasteiger partial charge in [-0.3, -0.25) is 4.79 Å². The van der Waals surface area contributed by atoms with E-state index in [0.29, 0.717) is 16.9 Å². The van der Waals surface area contributed by atoms with E-state index >= 15 is 0 Å². The molecule has 0 spiro atoms. The molecule has 7 heteroatoms. The van der Waals surface area contributed by atoms with Gasteiger partial charge in [-0.15, -0.1) is 0 Å². The normalized spacial score (nSPS) is 14.1. The number of fused-ring (bicyclic) bond motifs is 1. The third-order valence-electron chi connectivity index (χ3n) is 6.41. The summed E-state index contributed by atoms with van der Waals surface area (Å²) in [6.07, 6.45) is 2.57. The molecule has 0 radical (unpaired) electrons. The van der Waals surface area contributed by atoms with Crippen LogP contribution in [0, 0.1) is 11.8 Å². The Kier molecular flexibility index (Phi) is 7.99. The summed E-state index contributed by atoms with van der Waals surface area (Å²) in [7, 11) is 2.92. The first-order chi connectivity index (χ1) is 16.2. The number of hydrogen-bond donors (Lipinski definition) is 3. The van der Waals surface area contributed by atoms with E-state index in [9.17, 15) is 19.8 Å². The number of carboxylic acids is 1. The third kappa shape index (κ3) is 4.94. The minimum absolute atomic E-state index is 0.0341. The van der Waals surface area contributed by atoms with Gasteiger partial charge in [0.25, 0.3) is 0 Å². The van der Waals surface area contributed by atoms with E-state index in [1.807, 2.05) is 24.4 Å². The zero-order chi connectivity index (χ0) is 25.0. The number of rotatable bonds is 10. The lowest BCUT2D eigenvalue weighted by Crippen LogP contribution is -2.26. The standard InChI is InChI=1S/C27H33NO6/c1-6-7-18(19-10-8-17(27(32)34-5)13-23(19)33-4)21-14-28-22-11-9-16(12-20(21)22)25(29)24(15(2)3)26(30)31/h8-15,18,24-25,28-29H,6-7H2,1-5H3,(H,30,31). The first kappa shape index (κ1) is 25.3. The molecule has 0 amide bonds. The van der Waals surface area contributed by atoms with E-state index < -0.39 is 24.0 Å². The molecule has 7 nitrogen and oxygen atoms in total. The molecule has 0 saturated heterocycles. The molecule has 182 valence electrons. The van der Waals surface area contributed by atoms with Crippen molar-refractivity contribution in [3.05, 3.63) is 64.8 Å². The first-order valence-corrected chi connectivity index (χ1v) is 11.5. The predicted molar refractivity (Wildman–Crippen MR) is 130 cm³/mol. The van der Waals surface area contributed by atoms with Crippen molar-refractivity contribution >= 4 is 22.8 Å². The molecule has 0 bridgehead atoms. The monoisotopic (exact) mass is 467 g/mol. The van der Waals surface area contributed by atoms with Gasteiger partial charge in [-0.05, 0) is 47.7 Å². The molecule has 0 saturated carbocycles. The van der Waals surface area contributed by atoms with E-state index in [-0.39, 0.29) is 11.8 Å². The Bertz CT molecular complexity index is 1170. The maximum absolute atomic E-state index is 12.0. The van der Waals surface area contributed by atoms with Crippen molar-refractivity contribution in [1.29, 1.82) is 0 Å². The Balaban J connectivity index is 2.11. The van der Waals surface area contributed by atoms with Crippen LogP contribution in [0.25, 0.3) is 10.9 Å². The summed E-state index contributed by atoms with van der Waals surface area (Å²) in [5.74, 6) is -2.01. The number of carboxylic acid groups (broad SMARTS) is 1. The number of carbonyl (C=O) groups excluding carboxylic acids is 1. The van der Waals surface area contributed by atoms with Crippen molar-refractivity contribution in [3.63, 3.8) is 0 Å². The molecule has 0 aliphatic heterocycles. The summed E-state index contributed by atoms with van der Waals surface area (Å²) >= 11 is 0. The molecule has 1 aromatic heterocycles. The molecule has 2 aromatic carbocycles. The number of carbonyl (C=O) groups is 2. The minimum atomic E-state index is -1.12. The Morgan fingerprint density at radius 3 is 2.38 bits per heavy atom. The van der Waals surface area contributed by atoms with Crippen molar-refractivity contribution in [1.82, 2.24) is 4.98 Å². The molecule has 3 unspecified atom stereocenters. The number of nitrogens with one attached hydrogen (secondary N) is 1. The molecule has 3 aromatic rings. The number of methoxy groups -OCH3 is 2. The van der Waals surface area contributed by atoms with Gasteiger partial charge in [-0.25, -0.2) is 4.79 Å². The molecule has 3 atom stereocenters. The summed E-state index contributed by atoms with van der Waals surface area (Å²) in [5.41, 5.74) is 3.84. The summed E-state index contributed by atoms with van der Waals surface area (Å²) < 4.78 is 10.5. The lowest BCUT2D eigenvalue weighted by Gasteiger charge is -2.23. The molecule has 34 heavy (non-hydrogen) atoms. The van der Waals surface area contributed by atoms with Crippen LogP contribution < -0.4 is 4.74 Å². The molecule has 0 aliphatic rings. The maximum Gasteiger partial charge on any atom is 0.337 e. The van der Waals surface area contributed by atoms with Gasteiger partial charge in [0, 0.05) is 28.6 Å². The molecule has 3 rings (SSSR count). The van der Waals surface area contributed by atoms with Crippen molar-refractivity contribution in [2.75, 3.05) is 14.2 Å². The van der Waals surface area contributed by atoms with Crippen LogP contribution in [-0.2, 0) is 9.53 Å². The number of aliphatic carboxylic acids is 1. The van der Waals surface area contributed by atoms with Gasteiger partial charge in [0.05, 0.1) is 31.8 Å². The Morgan fingerprint density at radius 1 is 1.06 bits per heavy atom. The number of aliphatic hydroxyl groups excluding tert-OH is 1. The number of benzene rings is 2. The largest absolute Gasteiger partial charge is 0.496 e. The van der Waals surface area contributed by atoms with Gasteiger partial charge in [-0.1, -0.05) is 39.3 Å². The van der Waals surface area contributed by atoms with Crippen molar-refractivity contribution in [2.45, 2.75) is 45.6 Å². The van der Waals surface area contributed by atoms with Crippen LogP contribution in [-0.4, -0.2) is 41.4 Å². The average molecular weight is 468 g/mol. The van der Waals surface area contributed by atoms with Crippen LogP contribution >= 0.6 is 0 Å². The SMILES string of the molecule is CCCC(c1ccc(C(=O)OC)cc1OC)c1c[nH]c2ccc(C(O)C(C(=O)O)C(C)C)cc12. The van der Waals surface area contributed by atoms with E-state index in [4.69, 9.17) is 9.47 Å². The van der Waals surface area contributed by atoms with Crippen LogP contribution in [0.3, 0.4) is 0 Å². The maximum atomic E-state index is 12.0. The Morgan fingerprint density at radius 2 is 1.79 bits per heavy atom. The number of hydrogen-bond acceptors (Lipinski definition) is 5. The van der Waals surface area contributed by atoms with Crippen LogP contribution in [0.4, 0.5) is 0 Å². The van der Waals surface area contributed by atoms with Gasteiger partial charge in [0.15, 0.2) is 0 Å². The number of aliphatic hydroxyl groups is 1. The smallest absolute Gasteiger partial charge is 0.337 e. The first-order valence-electron chi connectivity index (χ1n) is 11.5. The van der Waals surface area contributed by atoms with Crippen molar-refractivity contribution < 1.29 is 29.3 Å². The Hall–Kier alpha value is -3.32. The molecule has 0 fully saturated rings. The highest BCUT2D eigenvalue weighted by molar-refractivity contribution is 5.90. The van der Waals surface area contributed by atoms with Gasteiger partial charge in [0.2, 0.25) is 0 Å². The average Bonchev–Trinajstić information content (AvgIpc) is 3.24. The summed E-state index contributed by atoms with van der Waals surface area (Å²) in [4.78, 5) is 27.1. The fourth-order valence-corrected chi connectivity index (χ4v) is 4.64. The van der Waals surface area contributed by atoms with E-state index in [2.05, 4.69) is 11.9 Å². The van der Waals surface area contributed by atoms with E-state index in [1.54, 1.807) is 39.2 Å². The van der Waals surface area contributed by atoms with Crippen LogP contribution in [0.2, 0.25) is 0 Å². The van der Waals surface area contributed by atoms with Gasteiger partial charge >= 0.3 is 11.9 Å². The second-order valence-electron chi connectivity index (χ2n) is 8.89. The number of aromatic nitrogens is 1. The number of aromatic amines is 1. The molecule has 1 heterocycles. The lowest BCUT2D eigenvalue weighted by molar-refractivity contribution is -0.148. The van der Waals surface area contributed by atoms with Crippen LogP contribution in [0.5, 0.6) is 5.75 Å². The highest BCUT2D eigenvalue weighted by atomic mass is 16.5. The van der Waals surface area contributed by atoms with Gasteiger partial charge < -0.3 is 24.7 Å². The lowest BCUT2D eigenvalue weighted by atomic mass is 9.84. The second kappa shape index (κ2) is 10.7. The number of esters is 1. The molecule has 3 N–H and O–H groups in total. The quantitative estimate of drug-likeness (QED) is 0.350. The summed E-state index contributed by atoms with van der Waals surface area (Å²) in [6.45, 7) is 5.69. The van der Waals surface area contributed by atoms with Crippen LogP contribution in [0.1, 0.15) is 72.7 Å². The Labute approximate surface area is 199 Å². The molecule has 0 aliphatic carbocycles. The third-order valence-corrected chi connectivity index (χ3v) is 6.41. The van der Waals surface area contributed by atoms with Gasteiger partial charge in [0.1, 0.15) is 5.75 Å². The zero-order valence-electron chi connectivity index (χ0n) is 20.3. The van der Waals surface area contributed by atoms with Crippen LogP contribution in [0.15, 0.2) is 42.6 Å². The fraction of sp³-hybridized carbons (Fsp3) is 0.407. The highest BCUT2D eigenvalue weighted by Crippen LogP contribution is 2.40. The topological polar surface area (TPSA) is 109 Å². The van der Waals surface area contributed by atoms with Crippen molar-refractivity contribution in [2.24, 2.45) is 11.8 Å². The summed E-state index contributed by atoms with van der Waals surface area (Å²) in [6, 6.07) is 10.8. The zero-order valence-corrected chi connectivity index (χ0v) is 20.3. The predicted octanol–water partition coefficient (Wildman–Crippen LogP) is 5.29. The fourth-order valence-electron chi connectivity index (χ4n) is 4.64.